The van der Waals surface area contributed by atoms with Gasteiger partial charge in [-0.15, -0.1) is 0 Å². The van der Waals surface area contributed by atoms with Gasteiger partial charge in [0.25, 0.3) is 5.91 Å². The van der Waals surface area contributed by atoms with Gasteiger partial charge in [0, 0.05) is 49.8 Å². The van der Waals surface area contributed by atoms with Gasteiger partial charge in [-0.25, -0.2) is 13.4 Å². The number of nitrogens with zero attached hydrogens (tertiary/aromatic N) is 2. The van der Waals surface area contributed by atoms with Gasteiger partial charge in [-0.1, -0.05) is 50.7 Å². The topological polar surface area (TPSA) is 142 Å². The molecule has 0 radical (unpaired) electrons. The maximum absolute atomic E-state index is 13.7. The Bertz CT molecular complexity index is 1650. The zero-order chi connectivity index (χ0) is 35.3. The van der Waals surface area contributed by atoms with Crippen LogP contribution in [0.3, 0.4) is 0 Å². The number of benzene rings is 2. The average molecular weight is 703 g/mol. The maximum atomic E-state index is 13.7. The Kier molecular flexibility index (Phi) is 13.8. The summed E-state index contributed by atoms with van der Waals surface area (Å²) >= 11 is 0. The molecule has 1 saturated carbocycles. The second kappa shape index (κ2) is 18.0. The fraction of sp³-hybridized carbons (Fsp3) is 0.486. The van der Waals surface area contributed by atoms with Crippen molar-refractivity contribution < 1.29 is 31.2 Å². The van der Waals surface area contributed by atoms with Crippen LogP contribution in [0, 0.1) is 5.92 Å². The first-order valence-corrected chi connectivity index (χ1v) is 18.7. The third kappa shape index (κ3) is 12.6. The van der Waals surface area contributed by atoms with Gasteiger partial charge in [0.1, 0.15) is 11.4 Å². The Morgan fingerprint density at radius 2 is 1.55 bits per heavy atom. The molecule has 1 fully saturated rings. The average Bonchev–Trinajstić information content (AvgIpc) is 3.57. The molecule has 10 nitrogen and oxygen atoms in total. The van der Waals surface area contributed by atoms with Gasteiger partial charge in [-0.3, -0.25) is 9.59 Å². The number of hydrogen-bond acceptors (Lipinski definition) is 8. The van der Waals surface area contributed by atoms with E-state index in [-0.39, 0.29) is 29.2 Å². The minimum absolute atomic E-state index is 0.0556. The monoisotopic (exact) mass is 702 g/mol. The minimum Gasteiger partial charge on any atom is -0.365 e. The number of hydrogen-bond donors (Lipinski definition) is 4. The lowest BCUT2D eigenvalue weighted by molar-refractivity contribution is -0.137. The molecular weight excluding hydrogens is 657 g/mol. The van der Waals surface area contributed by atoms with Crippen molar-refractivity contribution in [2.24, 2.45) is 5.92 Å². The summed E-state index contributed by atoms with van der Waals surface area (Å²) in [6, 6.07) is 12.3. The number of halogens is 3. The van der Waals surface area contributed by atoms with Crippen molar-refractivity contribution in [1.29, 1.82) is 0 Å². The summed E-state index contributed by atoms with van der Waals surface area (Å²) in [7, 11) is -3.48. The van der Waals surface area contributed by atoms with E-state index < -0.39 is 27.4 Å². The largest absolute Gasteiger partial charge is 0.421 e. The molecule has 14 heteroatoms. The molecule has 1 aromatic heterocycles. The smallest absolute Gasteiger partial charge is 0.365 e. The van der Waals surface area contributed by atoms with Gasteiger partial charge in [0.15, 0.2) is 9.84 Å². The number of anilines is 3. The van der Waals surface area contributed by atoms with Crippen LogP contribution in [0.5, 0.6) is 0 Å². The van der Waals surface area contributed by atoms with E-state index in [9.17, 15) is 31.2 Å². The maximum Gasteiger partial charge on any atom is 0.421 e. The number of amides is 2. The van der Waals surface area contributed by atoms with Crippen molar-refractivity contribution >= 4 is 39.1 Å². The van der Waals surface area contributed by atoms with Crippen LogP contribution in [0.1, 0.15) is 92.1 Å². The fourth-order valence-corrected chi connectivity index (χ4v) is 6.42. The van der Waals surface area contributed by atoms with Gasteiger partial charge in [-0.05, 0) is 73.6 Å². The predicted molar refractivity (Wildman–Crippen MR) is 183 cm³/mol. The van der Waals surface area contributed by atoms with E-state index in [1.54, 1.807) is 30.3 Å². The third-order valence-electron chi connectivity index (χ3n) is 8.44. The molecule has 0 unspecified atom stereocenters. The van der Waals surface area contributed by atoms with Crippen LogP contribution < -0.4 is 21.3 Å². The number of sulfone groups is 1. The number of aromatic nitrogens is 2. The molecule has 3 aromatic rings. The van der Waals surface area contributed by atoms with Gasteiger partial charge in [0.2, 0.25) is 11.9 Å². The highest BCUT2D eigenvalue weighted by Gasteiger charge is 2.35. The van der Waals surface area contributed by atoms with Crippen molar-refractivity contribution in [3.8, 4) is 0 Å². The number of rotatable bonds is 18. The number of unbranched alkanes of at least 4 members (excludes halogenated alkanes) is 5. The molecule has 4 N–H and O–H groups in total. The Morgan fingerprint density at radius 3 is 2.20 bits per heavy atom. The van der Waals surface area contributed by atoms with E-state index in [2.05, 4.69) is 31.2 Å². The van der Waals surface area contributed by atoms with Crippen LogP contribution in [-0.4, -0.2) is 49.5 Å². The van der Waals surface area contributed by atoms with Crippen LogP contribution in [0.4, 0.5) is 30.6 Å². The number of carbonyl (C=O) groups excluding carboxylic acids is 2. The van der Waals surface area contributed by atoms with Crippen molar-refractivity contribution in [3.05, 3.63) is 71.4 Å². The first kappa shape index (κ1) is 37.6. The van der Waals surface area contributed by atoms with Crippen molar-refractivity contribution in [3.63, 3.8) is 0 Å². The van der Waals surface area contributed by atoms with Crippen LogP contribution in [0.2, 0.25) is 0 Å². The summed E-state index contributed by atoms with van der Waals surface area (Å²) in [5, 5.41) is 11.5. The molecule has 1 aliphatic rings. The number of alkyl halides is 3. The molecule has 0 aliphatic heterocycles. The Labute approximate surface area is 286 Å². The lowest BCUT2D eigenvalue weighted by Crippen LogP contribution is -2.26. The summed E-state index contributed by atoms with van der Waals surface area (Å²) in [6.45, 7) is 1.18. The van der Waals surface area contributed by atoms with E-state index in [1.165, 1.54) is 43.9 Å². The zero-order valence-electron chi connectivity index (χ0n) is 27.7. The Balaban J connectivity index is 1.17. The third-order valence-corrected chi connectivity index (χ3v) is 9.55. The van der Waals surface area contributed by atoms with E-state index in [0.717, 1.165) is 51.3 Å². The lowest BCUT2D eigenvalue weighted by atomic mass is 10.0. The van der Waals surface area contributed by atoms with E-state index in [4.69, 9.17) is 0 Å². The van der Waals surface area contributed by atoms with Gasteiger partial charge in [-0.2, -0.15) is 18.2 Å². The molecule has 2 amide bonds. The Morgan fingerprint density at radius 1 is 0.898 bits per heavy atom. The highest BCUT2D eigenvalue weighted by molar-refractivity contribution is 7.90. The fourth-order valence-electron chi connectivity index (χ4n) is 5.73. The van der Waals surface area contributed by atoms with Gasteiger partial charge >= 0.3 is 6.18 Å². The SMILES string of the molecule is CS(=O)(=O)c1cccc(CNc2nc(Nc3ccc(C(=O)NCCCCCCCCNC(=O)CC4CCCC4)cc3)ncc2C(F)(F)F)c1. The van der Waals surface area contributed by atoms with Crippen molar-refractivity contribution in [1.82, 2.24) is 20.6 Å². The van der Waals surface area contributed by atoms with E-state index >= 15 is 0 Å². The number of carbonyl (C=O) groups is 2. The van der Waals surface area contributed by atoms with Gasteiger partial charge in [0.05, 0.1) is 4.90 Å². The van der Waals surface area contributed by atoms with E-state index in [1.807, 2.05) is 0 Å². The molecule has 266 valence electrons. The van der Waals surface area contributed by atoms with Crippen molar-refractivity contribution in [2.75, 3.05) is 30.0 Å². The summed E-state index contributed by atoms with van der Waals surface area (Å²) < 4.78 is 64.8. The standard InChI is InChI=1S/C35H45F3N6O4S/c1-49(47,48)29-14-10-13-26(21-29)23-41-32-30(35(36,37)38)24-42-34(44-32)43-28-17-15-27(16-18-28)33(46)40-20-9-5-3-2-4-8-19-39-31(45)22-25-11-6-7-12-25/h10,13-18,21,24-25H,2-9,11-12,19-20,22-23H2,1H3,(H,39,45)(H,40,46)(H2,41,42,43,44). The van der Waals surface area contributed by atoms with Crippen molar-refractivity contribution in [2.45, 2.75) is 88.2 Å². The molecule has 0 atom stereocenters. The minimum atomic E-state index is -4.72. The van der Waals surface area contributed by atoms with Crippen LogP contribution >= 0.6 is 0 Å². The summed E-state index contributed by atoms with van der Waals surface area (Å²) in [5.74, 6) is -0.0396. The summed E-state index contributed by atoms with van der Waals surface area (Å²) in [6.07, 6.45) is 8.56. The molecule has 2 aromatic carbocycles. The summed E-state index contributed by atoms with van der Waals surface area (Å²) in [4.78, 5) is 32.5. The first-order valence-electron chi connectivity index (χ1n) is 16.8. The predicted octanol–water partition coefficient (Wildman–Crippen LogP) is 7.02. The van der Waals surface area contributed by atoms with Crippen LogP contribution in [0.25, 0.3) is 0 Å². The molecule has 1 heterocycles. The molecule has 0 spiro atoms. The second-order valence-electron chi connectivity index (χ2n) is 12.5. The quantitative estimate of drug-likeness (QED) is 0.104. The zero-order valence-corrected chi connectivity index (χ0v) is 28.6. The first-order chi connectivity index (χ1) is 23.4. The normalized spacial score (nSPS) is 13.6. The molecule has 0 saturated heterocycles. The van der Waals surface area contributed by atoms with E-state index in [0.29, 0.717) is 41.9 Å². The molecular formula is C35H45F3N6O4S. The highest BCUT2D eigenvalue weighted by Crippen LogP contribution is 2.34. The molecule has 1 aliphatic carbocycles. The number of nitrogens with one attached hydrogen (secondary N) is 4. The highest BCUT2D eigenvalue weighted by atomic mass is 32.2. The molecule has 49 heavy (non-hydrogen) atoms. The second-order valence-corrected chi connectivity index (χ2v) is 14.5. The summed E-state index contributed by atoms with van der Waals surface area (Å²) in [5.41, 5.74) is 0.296. The Hall–Kier alpha value is -4.20. The van der Waals surface area contributed by atoms with Crippen LogP contribution in [0.15, 0.2) is 59.6 Å². The lowest BCUT2D eigenvalue weighted by Gasteiger charge is -2.15. The van der Waals surface area contributed by atoms with Crippen LogP contribution in [-0.2, 0) is 27.4 Å². The van der Waals surface area contributed by atoms with Gasteiger partial charge < -0.3 is 21.3 Å². The molecule has 4 rings (SSSR count). The molecule has 0 bridgehead atoms.